The second-order valence-corrected chi connectivity index (χ2v) is 5.09. The Bertz CT molecular complexity index is 672. The van der Waals surface area contributed by atoms with Crippen LogP contribution in [0.2, 0.25) is 0 Å². The minimum Gasteiger partial charge on any atom is -0.507 e. The summed E-state index contributed by atoms with van der Waals surface area (Å²) in [5, 5.41) is 9.86. The highest BCUT2D eigenvalue weighted by Gasteiger charge is 2.15. The smallest absolute Gasteiger partial charge is 0.347 e. The molecule has 0 unspecified atom stereocenters. The van der Waals surface area contributed by atoms with Crippen molar-refractivity contribution in [1.29, 1.82) is 0 Å². The zero-order chi connectivity index (χ0) is 14.9. The van der Waals surface area contributed by atoms with Crippen LogP contribution < -0.4 is 4.74 Å². The molecule has 1 N–H and O–H groups in total. The molecule has 0 radical (unpaired) electrons. The van der Waals surface area contributed by atoms with Crippen molar-refractivity contribution in [2.75, 3.05) is 0 Å². The summed E-state index contributed by atoms with van der Waals surface area (Å²) < 4.78 is 5.31. The molecule has 2 aromatic rings. The van der Waals surface area contributed by atoms with Gasteiger partial charge in [0, 0.05) is 0 Å². The first-order chi connectivity index (χ1) is 9.38. The predicted molar refractivity (Wildman–Crippen MR) is 78.5 cm³/mol. The maximum atomic E-state index is 12.1. The van der Waals surface area contributed by atoms with Gasteiger partial charge in [0.25, 0.3) is 0 Å². The fourth-order valence-electron chi connectivity index (χ4n) is 1.90. The molecular formula is C17H18O3. The fraction of sp³-hybridized carbons (Fsp3) is 0.235. The number of phenolic OH excluding ortho intramolecular Hbond substituents is 1. The van der Waals surface area contributed by atoms with Gasteiger partial charge in [0.05, 0.1) is 0 Å². The number of rotatable bonds is 2. The number of aryl methyl sites for hydroxylation is 4. The Labute approximate surface area is 118 Å². The molecule has 104 valence electrons. The molecule has 2 aromatic carbocycles. The second-order valence-electron chi connectivity index (χ2n) is 5.09. The van der Waals surface area contributed by atoms with Crippen LogP contribution in [-0.4, -0.2) is 11.1 Å². The van der Waals surface area contributed by atoms with E-state index in [2.05, 4.69) is 0 Å². The summed E-state index contributed by atoms with van der Waals surface area (Å²) in [6.45, 7) is 7.73. The van der Waals surface area contributed by atoms with Crippen LogP contribution in [0.4, 0.5) is 0 Å². The minimum absolute atomic E-state index is 0.0538. The molecule has 0 aliphatic heterocycles. The van der Waals surface area contributed by atoms with E-state index < -0.39 is 5.97 Å². The van der Waals surface area contributed by atoms with Gasteiger partial charge in [-0.25, -0.2) is 4.79 Å². The van der Waals surface area contributed by atoms with Gasteiger partial charge in [-0.15, -0.1) is 0 Å². The van der Waals surface area contributed by atoms with E-state index in [1.54, 1.807) is 18.2 Å². The lowest BCUT2D eigenvalue weighted by molar-refractivity contribution is 0.0731. The molecule has 0 aliphatic rings. The van der Waals surface area contributed by atoms with E-state index in [0.29, 0.717) is 5.75 Å². The highest BCUT2D eigenvalue weighted by molar-refractivity contribution is 5.94. The Morgan fingerprint density at radius 1 is 0.900 bits per heavy atom. The summed E-state index contributed by atoms with van der Waals surface area (Å²) in [6, 6.07) is 8.68. The molecule has 2 rings (SSSR count). The Balaban J connectivity index is 2.28. The van der Waals surface area contributed by atoms with E-state index in [4.69, 9.17) is 4.74 Å². The van der Waals surface area contributed by atoms with Crippen LogP contribution >= 0.6 is 0 Å². The number of ether oxygens (including phenoxy) is 1. The molecule has 0 amide bonds. The van der Waals surface area contributed by atoms with Gasteiger partial charge in [0.15, 0.2) is 0 Å². The van der Waals surface area contributed by atoms with Gasteiger partial charge in [-0.3, -0.25) is 0 Å². The summed E-state index contributed by atoms with van der Waals surface area (Å²) >= 11 is 0. The van der Waals surface area contributed by atoms with E-state index in [0.717, 1.165) is 22.3 Å². The van der Waals surface area contributed by atoms with Crippen molar-refractivity contribution in [1.82, 2.24) is 0 Å². The van der Waals surface area contributed by atoms with Crippen molar-refractivity contribution in [3.05, 3.63) is 58.1 Å². The number of hydrogen-bond acceptors (Lipinski definition) is 3. The van der Waals surface area contributed by atoms with Gasteiger partial charge in [-0.1, -0.05) is 6.07 Å². The summed E-state index contributed by atoms with van der Waals surface area (Å²) in [6.07, 6.45) is 0. The van der Waals surface area contributed by atoms with Crippen LogP contribution in [0, 0.1) is 27.7 Å². The maximum absolute atomic E-state index is 12.1. The molecule has 0 spiro atoms. The van der Waals surface area contributed by atoms with Gasteiger partial charge in [-0.2, -0.15) is 0 Å². The van der Waals surface area contributed by atoms with E-state index in [-0.39, 0.29) is 11.3 Å². The Morgan fingerprint density at radius 3 is 2.15 bits per heavy atom. The molecule has 0 heterocycles. The molecule has 0 bridgehead atoms. The van der Waals surface area contributed by atoms with Crippen molar-refractivity contribution < 1.29 is 14.6 Å². The zero-order valence-corrected chi connectivity index (χ0v) is 12.2. The maximum Gasteiger partial charge on any atom is 0.347 e. The van der Waals surface area contributed by atoms with Crippen LogP contribution in [0.1, 0.15) is 32.6 Å². The summed E-state index contributed by atoms with van der Waals surface area (Å²) in [7, 11) is 0. The second kappa shape index (κ2) is 5.37. The first-order valence-electron chi connectivity index (χ1n) is 6.48. The van der Waals surface area contributed by atoms with Crippen LogP contribution in [0.3, 0.4) is 0 Å². The zero-order valence-electron chi connectivity index (χ0n) is 12.2. The quantitative estimate of drug-likeness (QED) is 0.666. The first-order valence-corrected chi connectivity index (χ1v) is 6.48. The third-order valence-corrected chi connectivity index (χ3v) is 3.52. The predicted octanol–water partition coefficient (Wildman–Crippen LogP) is 3.85. The number of aromatic hydroxyl groups is 1. The molecule has 0 aromatic heterocycles. The van der Waals surface area contributed by atoms with Crippen molar-refractivity contribution in [3.8, 4) is 11.5 Å². The highest BCUT2D eigenvalue weighted by atomic mass is 16.5. The number of carbonyl (C=O) groups excluding carboxylic acids is 1. The van der Waals surface area contributed by atoms with Crippen molar-refractivity contribution >= 4 is 5.97 Å². The lowest BCUT2D eigenvalue weighted by Crippen LogP contribution is -2.09. The van der Waals surface area contributed by atoms with Crippen LogP contribution in [0.15, 0.2) is 30.3 Å². The molecule has 3 heteroatoms. The Morgan fingerprint density at radius 2 is 1.50 bits per heavy atom. The van der Waals surface area contributed by atoms with Crippen molar-refractivity contribution in [2.24, 2.45) is 0 Å². The molecule has 3 nitrogen and oxygen atoms in total. The third-order valence-electron chi connectivity index (χ3n) is 3.52. The number of hydrogen-bond donors (Lipinski definition) is 1. The fourth-order valence-corrected chi connectivity index (χ4v) is 1.90. The first kappa shape index (κ1) is 14.1. The van der Waals surface area contributed by atoms with E-state index in [1.807, 2.05) is 39.8 Å². The van der Waals surface area contributed by atoms with Gasteiger partial charge >= 0.3 is 5.97 Å². The van der Waals surface area contributed by atoms with Gasteiger partial charge in [-0.05, 0) is 74.2 Å². The Kier molecular flexibility index (Phi) is 3.79. The molecule has 0 fully saturated rings. The van der Waals surface area contributed by atoms with Crippen LogP contribution in [0.5, 0.6) is 11.5 Å². The average molecular weight is 270 g/mol. The van der Waals surface area contributed by atoms with E-state index in [9.17, 15) is 9.90 Å². The average Bonchev–Trinajstić information content (AvgIpc) is 2.38. The van der Waals surface area contributed by atoms with Crippen LogP contribution in [-0.2, 0) is 0 Å². The topological polar surface area (TPSA) is 46.5 Å². The van der Waals surface area contributed by atoms with Gasteiger partial charge < -0.3 is 9.84 Å². The SMILES string of the molecule is Cc1ccc(OC(=O)c2cc(C)c(C)cc2O)cc1C. The number of phenols is 1. The van der Waals surface area contributed by atoms with E-state index >= 15 is 0 Å². The lowest BCUT2D eigenvalue weighted by atomic mass is 10.1. The normalized spacial score (nSPS) is 10.4. The van der Waals surface area contributed by atoms with E-state index in [1.165, 1.54) is 0 Å². The number of carbonyl (C=O) groups is 1. The summed E-state index contributed by atoms with van der Waals surface area (Å²) in [4.78, 5) is 12.1. The molecule has 0 saturated heterocycles. The van der Waals surface area contributed by atoms with Gasteiger partial charge in [0.2, 0.25) is 0 Å². The summed E-state index contributed by atoms with van der Waals surface area (Å²) in [5.74, 6) is -0.119. The monoisotopic (exact) mass is 270 g/mol. The highest BCUT2D eigenvalue weighted by Crippen LogP contribution is 2.24. The largest absolute Gasteiger partial charge is 0.507 e. The standard InChI is InChI=1S/C17H18O3/c1-10-5-6-14(7-11(10)2)20-17(19)15-8-12(3)13(4)9-16(15)18/h5-9,18H,1-4H3. The van der Waals surface area contributed by atoms with Gasteiger partial charge in [0.1, 0.15) is 17.1 Å². The molecule has 20 heavy (non-hydrogen) atoms. The van der Waals surface area contributed by atoms with Crippen LogP contribution in [0.25, 0.3) is 0 Å². The molecular weight excluding hydrogens is 252 g/mol. The minimum atomic E-state index is -0.547. The number of esters is 1. The van der Waals surface area contributed by atoms with Crippen molar-refractivity contribution in [3.63, 3.8) is 0 Å². The summed E-state index contributed by atoms with van der Waals surface area (Å²) in [5.41, 5.74) is 4.25. The van der Waals surface area contributed by atoms with Crippen molar-refractivity contribution in [2.45, 2.75) is 27.7 Å². The molecule has 0 aliphatic carbocycles. The lowest BCUT2D eigenvalue weighted by Gasteiger charge is -2.09. The third kappa shape index (κ3) is 2.82. The Hall–Kier alpha value is -2.29. The molecule has 0 atom stereocenters. The molecule has 0 saturated carbocycles. The number of benzene rings is 2.